The molecule has 3 heterocycles. The maximum absolute atomic E-state index is 4.98. The van der Waals surface area contributed by atoms with Gasteiger partial charge < -0.3 is 0 Å². The lowest BCUT2D eigenvalue weighted by Crippen LogP contribution is -2.32. The van der Waals surface area contributed by atoms with E-state index in [9.17, 15) is 0 Å². The van der Waals surface area contributed by atoms with Crippen LogP contribution in [-0.4, -0.2) is 21.4 Å². The minimum absolute atomic E-state index is 0.378. The fourth-order valence-corrected chi connectivity index (χ4v) is 5.55. The minimum atomic E-state index is 0.378. The van der Waals surface area contributed by atoms with Crippen LogP contribution in [0, 0.1) is 0 Å². The molecule has 0 saturated heterocycles. The van der Waals surface area contributed by atoms with Gasteiger partial charge in [0.1, 0.15) is 0 Å². The number of thiazole rings is 2. The minimum Gasteiger partial charge on any atom is -0.290 e. The van der Waals surface area contributed by atoms with Crippen molar-refractivity contribution < 1.29 is 0 Å². The van der Waals surface area contributed by atoms with Gasteiger partial charge in [0.05, 0.1) is 26.4 Å². The number of fused-ring (bicyclic) bond motifs is 2. The van der Waals surface area contributed by atoms with Crippen molar-refractivity contribution in [3.8, 4) is 0 Å². The summed E-state index contributed by atoms with van der Waals surface area (Å²) in [4.78, 5) is 13.5. The first-order valence-corrected chi connectivity index (χ1v) is 11.0. The van der Waals surface area contributed by atoms with Gasteiger partial charge in [-0.15, -0.1) is 22.7 Å². The molecule has 136 valence electrons. The highest BCUT2D eigenvalue weighted by molar-refractivity contribution is 7.16. The lowest BCUT2D eigenvalue weighted by Gasteiger charge is -2.32. The molecule has 0 aliphatic carbocycles. The summed E-state index contributed by atoms with van der Waals surface area (Å²) in [6, 6.07) is 17.7. The first-order valence-electron chi connectivity index (χ1n) is 9.35. The maximum Gasteiger partial charge on any atom is 0.0975 e. The van der Waals surface area contributed by atoms with Crippen molar-refractivity contribution in [3.63, 3.8) is 0 Å². The zero-order valence-corrected chi connectivity index (χ0v) is 16.9. The Morgan fingerprint density at radius 1 is 1.15 bits per heavy atom. The second-order valence-corrected chi connectivity index (χ2v) is 9.17. The second kappa shape index (κ2) is 7.15. The summed E-state index contributed by atoms with van der Waals surface area (Å²) in [6.07, 6.45) is 2.04. The number of benzene rings is 2. The van der Waals surface area contributed by atoms with E-state index in [1.165, 1.54) is 31.4 Å². The van der Waals surface area contributed by atoms with E-state index in [1.54, 1.807) is 11.3 Å². The van der Waals surface area contributed by atoms with Crippen LogP contribution in [0.25, 0.3) is 10.2 Å². The van der Waals surface area contributed by atoms with Gasteiger partial charge >= 0.3 is 0 Å². The molecule has 1 atom stereocenters. The molecule has 0 saturated carbocycles. The molecule has 5 rings (SSSR count). The fraction of sp³-hybridized carbons (Fsp3) is 0.273. The lowest BCUT2D eigenvalue weighted by molar-refractivity contribution is 0.191. The number of hydrogen-bond acceptors (Lipinski definition) is 5. The Morgan fingerprint density at radius 2 is 2.04 bits per heavy atom. The van der Waals surface area contributed by atoms with Gasteiger partial charge in [-0.1, -0.05) is 36.4 Å². The van der Waals surface area contributed by atoms with E-state index in [0.29, 0.717) is 6.04 Å². The zero-order valence-electron chi connectivity index (χ0n) is 15.3. The summed E-state index contributed by atoms with van der Waals surface area (Å²) in [5.74, 6) is 0. The Hall–Kier alpha value is -2.08. The van der Waals surface area contributed by atoms with Crippen molar-refractivity contribution in [3.05, 3.63) is 80.7 Å². The van der Waals surface area contributed by atoms with Crippen LogP contribution in [0.3, 0.4) is 0 Å². The normalized spacial score (nSPS) is 15.7. The van der Waals surface area contributed by atoms with E-state index in [1.807, 2.05) is 16.8 Å². The standard InChI is InChI=1S/C22H21N3S2/c1-15(17-7-8-20-18(12-17)23-14-26-20)25-10-9-21-19(13-25)24-22(27-21)11-16-5-3-2-4-6-16/h2-8,12,14-15H,9-11,13H2,1H3. The van der Waals surface area contributed by atoms with Crippen molar-refractivity contribution in [1.29, 1.82) is 0 Å². The van der Waals surface area contributed by atoms with E-state index in [0.717, 1.165) is 31.4 Å². The number of rotatable bonds is 4. The summed E-state index contributed by atoms with van der Waals surface area (Å²) < 4.78 is 1.26. The Morgan fingerprint density at radius 3 is 2.93 bits per heavy atom. The lowest BCUT2D eigenvalue weighted by atomic mass is 10.0. The molecule has 1 aliphatic rings. The molecule has 3 nitrogen and oxygen atoms in total. The van der Waals surface area contributed by atoms with Crippen LogP contribution in [-0.2, 0) is 19.4 Å². The average molecular weight is 392 g/mol. The van der Waals surface area contributed by atoms with Crippen LogP contribution >= 0.6 is 22.7 Å². The molecule has 0 spiro atoms. The molecule has 0 bridgehead atoms. The molecule has 0 radical (unpaired) electrons. The van der Waals surface area contributed by atoms with Crippen molar-refractivity contribution in [1.82, 2.24) is 14.9 Å². The fourth-order valence-electron chi connectivity index (χ4n) is 3.79. The highest BCUT2D eigenvalue weighted by atomic mass is 32.1. The molecule has 2 aromatic carbocycles. The van der Waals surface area contributed by atoms with E-state index >= 15 is 0 Å². The van der Waals surface area contributed by atoms with Gasteiger partial charge in [0.15, 0.2) is 0 Å². The molecule has 5 heteroatoms. The van der Waals surface area contributed by atoms with Gasteiger partial charge in [-0.2, -0.15) is 0 Å². The predicted octanol–water partition coefficient (Wildman–Crippen LogP) is 5.46. The topological polar surface area (TPSA) is 29.0 Å². The molecule has 1 unspecified atom stereocenters. The van der Waals surface area contributed by atoms with E-state index in [2.05, 4.69) is 65.3 Å². The predicted molar refractivity (Wildman–Crippen MR) is 114 cm³/mol. The zero-order chi connectivity index (χ0) is 18.2. The molecule has 27 heavy (non-hydrogen) atoms. The van der Waals surface area contributed by atoms with Crippen molar-refractivity contribution in [2.75, 3.05) is 6.54 Å². The molecule has 0 fully saturated rings. The summed E-state index contributed by atoms with van der Waals surface area (Å²) >= 11 is 3.60. The SMILES string of the molecule is CC(c1ccc2scnc2c1)N1CCc2sc(Cc3ccccc3)nc2C1. The summed E-state index contributed by atoms with van der Waals surface area (Å²) in [6.45, 7) is 4.34. The van der Waals surface area contributed by atoms with Crippen LogP contribution in [0.2, 0.25) is 0 Å². The monoisotopic (exact) mass is 391 g/mol. The van der Waals surface area contributed by atoms with Gasteiger partial charge in [0.25, 0.3) is 0 Å². The Kier molecular flexibility index (Phi) is 4.52. The van der Waals surface area contributed by atoms with E-state index in [4.69, 9.17) is 4.98 Å². The summed E-state index contributed by atoms with van der Waals surface area (Å²) in [5.41, 5.74) is 7.00. The molecular formula is C22H21N3S2. The highest BCUT2D eigenvalue weighted by Crippen LogP contribution is 2.32. The number of aromatic nitrogens is 2. The van der Waals surface area contributed by atoms with Crippen LogP contribution in [0.15, 0.2) is 54.0 Å². The van der Waals surface area contributed by atoms with E-state index < -0.39 is 0 Å². The van der Waals surface area contributed by atoms with Gasteiger partial charge in [-0.25, -0.2) is 9.97 Å². The van der Waals surface area contributed by atoms with Gasteiger partial charge in [0, 0.05) is 30.4 Å². The van der Waals surface area contributed by atoms with Crippen molar-refractivity contribution in [2.24, 2.45) is 0 Å². The number of hydrogen-bond donors (Lipinski definition) is 0. The largest absolute Gasteiger partial charge is 0.290 e. The van der Waals surface area contributed by atoms with Crippen LogP contribution in [0.4, 0.5) is 0 Å². The van der Waals surface area contributed by atoms with Crippen LogP contribution in [0.5, 0.6) is 0 Å². The second-order valence-electron chi connectivity index (χ2n) is 7.12. The average Bonchev–Trinajstić information content (AvgIpc) is 3.33. The molecule has 0 N–H and O–H groups in total. The van der Waals surface area contributed by atoms with Crippen LogP contribution < -0.4 is 0 Å². The van der Waals surface area contributed by atoms with Gasteiger partial charge in [0.2, 0.25) is 0 Å². The Balaban J connectivity index is 1.34. The quantitative estimate of drug-likeness (QED) is 0.462. The molecular weight excluding hydrogens is 370 g/mol. The molecule has 4 aromatic rings. The first-order chi connectivity index (χ1) is 13.3. The summed E-state index contributed by atoms with van der Waals surface area (Å²) in [7, 11) is 0. The highest BCUT2D eigenvalue weighted by Gasteiger charge is 2.25. The first kappa shape index (κ1) is 17.0. The summed E-state index contributed by atoms with van der Waals surface area (Å²) in [5, 5.41) is 1.24. The Labute approximate surface area is 167 Å². The third kappa shape index (κ3) is 3.43. The van der Waals surface area contributed by atoms with Crippen molar-refractivity contribution >= 4 is 32.9 Å². The van der Waals surface area contributed by atoms with Gasteiger partial charge in [-0.3, -0.25) is 4.90 Å². The maximum atomic E-state index is 4.98. The van der Waals surface area contributed by atoms with Crippen molar-refractivity contribution in [2.45, 2.75) is 32.4 Å². The Bertz CT molecular complexity index is 1070. The van der Waals surface area contributed by atoms with Crippen LogP contribution in [0.1, 0.15) is 39.7 Å². The third-order valence-corrected chi connectivity index (χ3v) is 7.35. The molecule has 0 amide bonds. The van der Waals surface area contributed by atoms with Gasteiger partial charge in [-0.05, 0) is 36.6 Å². The molecule has 1 aliphatic heterocycles. The van der Waals surface area contributed by atoms with E-state index in [-0.39, 0.29) is 0 Å². The third-order valence-electron chi connectivity index (χ3n) is 5.38. The molecule has 2 aromatic heterocycles. The smallest absolute Gasteiger partial charge is 0.0975 e. The number of nitrogens with zero attached hydrogens (tertiary/aromatic N) is 3.